The molecule has 0 atom stereocenters. The maximum atomic E-state index is 11.3. The summed E-state index contributed by atoms with van der Waals surface area (Å²) in [5, 5.41) is 12.5. The van der Waals surface area contributed by atoms with Crippen LogP contribution in [0.25, 0.3) is 0 Å². The molecular formula is C34H28BBr4Cl8N8NaO4PS2. The van der Waals surface area contributed by atoms with E-state index in [0.29, 0.717) is 69.9 Å². The molecule has 6 rings (SSSR count). The van der Waals surface area contributed by atoms with Crippen molar-refractivity contribution in [3.05, 3.63) is 161 Å². The minimum Gasteiger partial charge on any atom is -1.00 e. The molecule has 0 bridgehead atoms. The number of hydrogen-bond acceptors (Lipinski definition) is 11. The summed E-state index contributed by atoms with van der Waals surface area (Å²) >= 11 is 63.8. The normalized spacial score (nSPS) is 9.59. The number of H-pyrrole nitrogens is 3. The van der Waals surface area contributed by atoms with E-state index in [4.69, 9.17) is 97.9 Å². The molecule has 0 unspecified atom stereocenters. The summed E-state index contributed by atoms with van der Waals surface area (Å²) in [6, 6.07) is 16.2. The van der Waals surface area contributed by atoms with Crippen molar-refractivity contribution in [1.82, 2.24) is 39.9 Å². The Morgan fingerprint density at radius 1 is 0.698 bits per heavy atom. The molecule has 0 aliphatic carbocycles. The average molecular weight is 1340 g/mol. The van der Waals surface area contributed by atoms with Gasteiger partial charge in [0.1, 0.15) is 45.3 Å². The molecule has 3 radical (unpaired) electrons. The second kappa shape index (κ2) is 36.3. The molecular weight excluding hydrogens is 1320 g/mol. The molecule has 0 fully saturated rings. The zero-order valence-electron chi connectivity index (χ0n) is 33.3. The number of carbonyl (C=O) groups excluding carboxylic acids is 1. The average Bonchev–Trinajstić information content (AvgIpc) is 3.15. The van der Waals surface area contributed by atoms with Crippen LogP contribution in [0.1, 0.15) is 39.9 Å². The molecule has 6 aromatic heterocycles. The van der Waals surface area contributed by atoms with Crippen LogP contribution in [0, 0.1) is 18.6 Å². The van der Waals surface area contributed by atoms with Crippen molar-refractivity contribution in [3.8, 4) is 0 Å². The zero-order valence-corrected chi connectivity index (χ0v) is 49.2. The zero-order chi connectivity index (χ0) is 46.2. The smallest absolute Gasteiger partial charge is 1.00 e. The van der Waals surface area contributed by atoms with Gasteiger partial charge < -0.3 is 16.5 Å². The van der Waals surface area contributed by atoms with Crippen molar-refractivity contribution in [2.24, 2.45) is 0 Å². The van der Waals surface area contributed by atoms with Crippen LogP contribution < -0.4 is 40.7 Å². The van der Waals surface area contributed by atoms with Crippen LogP contribution in [-0.4, -0.2) is 59.7 Å². The summed E-state index contributed by atoms with van der Waals surface area (Å²) < 4.78 is 0.192. The predicted octanol–water partition coefficient (Wildman–Crippen LogP) is 11.3. The summed E-state index contributed by atoms with van der Waals surface area (Å²) in [5.41, 5.74) is 3.88. The number of carbonyl (C=O) groups is 1. The van der Waals surface area contributed by atoms with Crippen molar-refractivity contribution in [1.29, 1.82) is 0 Å². The summed E-state index contributed by atoms with van der Waals surface area (Å²) in [4.78, 5) is 59.2. The number of thioether (sulfide) groups is 1. The summed E-state index contributed by atoms with van der Waals surface area (Å²) in [7, 11) is 0. The number of nitrogens with one attached hydrogen (secondary N) is 3. The van der Waals surface area contributed by atoms with Crippen LogP contribution in [0.15, 0.2) is 75.4 Å². The number of nitrogens with zero attached hydrogens (tertiary/aromatic N) is 5. The van der Waals surface area contributed by atoms with Crippen LogP contribution in [0.2, 0.25) is 41.2 Å². The Labute approximate surface area is 470 Å². The molecule has 333 valence electrons. The molecule has 0 aliphatic heterocycles. The number of hydrogen-bond donors (Lipinski definition) is 4. The summed E-state index contributed by atoms with van der Waals surface area (Å²) in [5.74, 6) is 0.565. The first-order chi connectivity index (χ1) is 28.7. The molecule has 0 spiro atoms. The van der Waals surface area contributed by atoms with Gasteiger partial charge in [-0.05, 0) is 108 Å². The van der Waals surface area contributed by atoms with Gasteiger partial charge >= 0.3 is 29.6 Å². The molecule has 0 amide bonds. The Bertz CT molecular complexity index is 2460. The van der Waals surface area contributed by atoms with Gasteiger partial charge in [-0.2, -0.15) is 0 Å². The first-order valence-electron chi connectivity index (χ1n) is 15.8. The minimum atomic E-state index is -0.183. The number of pyridine rings is 4. The summed E-state index contributed by atoms with van der Waals surface area (Å²) in [6.45, 7) is 3.45. The Balaban J connectivity index is -0.000000721. The number of aromatic amines is 3. The molecule has 12 nitrogen and oxygen atoms in total. The van der Waals surface area contributed by atoms with Gasteiger partial charge in [0.25, 0.3) is 11.1 Å². The number of halogens is 12. The van der Waals surface area contributed by atoms with Gasteiger partial charge in [0.2, 0.25) is 0 Å². The van der Waals surface area contributed by atoms with Gasteiger partial charge in [-0.3, -0.25) is 19.4 Å². The molecule has 4 N–H and O–H groups in total. The maximum Gasteiger partial charge on any atom is 1.00 e. The minimum absolute atomic E-state index is 0. The molecule has 0 aliphatic rings. The van der Waals surface area contributed by atoms with Crippen molar-refractivity contribution in [3.63, 3.8) is 0 Å². The van der Waals surface area contributed by atoms with E-state index in [1.165, 1.54) is 36.0 Å². The van der Waals surface area contributed by atoms with Gasteiger partial charge in [0.05, 0.1) is 12.2 Å². The van der Waals surface area contributed by atoms with Crippen LogP contribution in [0.4, 0.5) is 0 Å². The molecule has 0 aromatic carbocycles. The van der Waals surface area contributed by atoms with E-state index < -0.39 is 0 Å². The van der Waals surface area contributed by atoms with E-state index in [1.54, 1.807) is 44.2 Å². The molecule has 6 heterocycles. The number of aldehydes is 1. The van der Waals surface area contributed by atoms with E-state index in [2.05, 4.69) is 114 Å². The largest absolute Gasteiger partial charge is 1.00 e. The topological polar surface area (TPSA) is 183 Å². The first kappa shape index (κ1) is 65.4. The second-order valence-corrected chi connectivity index (χ2v) is 30.9. The quantitative estimate of drug-likeness (QED) is 0.0182. The van der Waals surface area contributed by atoms with Crippen LogP contribution >= 0.6 is 183 Å². The van der Waals surface area contributed by atoms with E-state index >= 15 is 0 Å². The number of aryl methyl sites for hydroxylation is 2. The standard InChI is InChI=1S/C11H9Cl2N3OS.C6H4BrCl2N.C6H5Cl2NO.C6H3Cl2NO.C5H6N2OS.B.Br3P.Na.H/c1-6-4-9(17)16-11(14-6)18-5-7-2-3-8(12)15-10(7)13;7-3-4-1-2-5(8)10-6(4)9;2*7-5-2-1-4(3-10)6(8)9-5;1-3-2-4(8)7-5(9)6-3;;1-4(2)3;;/h2-4H,5H2,1H3,(H,14,16,17);1-2H,3H2;1-2,10H,3H2;1-3H;2H,1H3,(H2,6,7,8,9);;;;/q;;;;;;;+1;-1. The van der Waals surface area contributed by atoms with E-state index in [0.717, 1.165) is 16.8 Å². The van der Waals surface area contributed by atoms with E-state index in [9.17, 15) is 14.4 Å². The first-order valence-corrected chi connectivity index (χ1v) is 28.8. The van der Waals surface area contributed by atoms with Crippen LogP contribution in [-0.2, 0) is 17.7 Å². The third kappa shape index (κ3) is 29.7. The molecule has 0 saturated carbocycles. The number of alkyl halides is 1. The fourth-order valence-electron chi connectivity index (χ4n) is 3.52. The van der Waals surface area contributed by atoms with Gasteiger partial charge in [-0.15, -0.1) is 0 Å². The van der Waals surface area contributed by atoms with Crippen LogP contribution in [0.5, 0.6) is 0 Å². The monoisotopic (exact) mass is 1340 g/mol. The predicted molar refractivity (Wildman–Crippen MR) is 278 cm³/mol. The summed E-state index contributed by atoms with van der Waals surface area (Å²) in [6.07, 6.45) is 0.631. The van der Waals surface area contributed by atoms with Crippen molar-refractivity contribution in [2.75, 3.05) is 0 Å². The third-order valence-corrected chi connectivity index (χ3v) is 9.93. The van der Waals surface area contributed by atoms with Gasteiger partial charge in [0.15, 0.2) is 16.2 Å². The fourth-order valence-corrected chi connectivity index (χ4v) is 6.99. The SMILES string of the molecule is BrP(Br)Br.Cc1cc(=O)[nH]c(=S)[nH]1.Cc1cc(=O)[nH]c(SCc2ccc(Cl)nc2Cl)n1.Clc1ccc(CBr)c(Cl)n1.O=Cc1ccc(Cl)nc1Cl.OCc1ccc(Cl)nc1Cl.[B].[H-].[Na+]. The number of aliphatic hydroxyl groups excluding tert-OH is 1. The van der Waals surface area contributed by atoms with Crippen molar-refractivity contribution >= 4 is 198 Å². The van der Waals surface area contributed by atoms with Crippen LogP contribution in [0.3, 0.4) is 0 Å². The van der Waals surface area contributed by atoms with E-state index in [-0.39, 0.29) is 76.6 Å². The van der Waals surface area contributed by atoms with Crippen molar-refractivity contribution < 1.29 is 40.9 Å². The Morgan fingerprint density at radius 2 is 1.13 bits per heavy atom. The Hall–Kier alpha value is 0.295. The maximum absolute atomic E-state index is 11.3. The third-order valence-electron chi connectivity index (χ3n) is 6.07. The van der Waals surface area contributed by atoms with Crippen molar-refractivity contribution in [2.45, 2.75) is 36.7 Å². The molecule has 0 saturated heterocycles. The van der Waals surface area contributed by atoms with Gasteiger partial charge in [0, 0.05) is 54.1 Å². The molecule has 6 aromatic rings. The molecule has 63 heavy (non-hydrogen) atoms. The Morgan fingerprint density at radius 3 is 1.51 bits per heavy atom. The molecule has 29 heteroatoms. The number of aliphatic hydroxyl groups is 1. The second-order valence-electron chi connectivity index (χ2n) is 10.6. The number of aromatic nitrogens is 8. The number of rotatable bonds is 6. The van der Waals surface area contributed by atoms with Gasteiger partial charge in [-0.1, -0.05) is 139 Å². The van der Waals surface area contributed by atoms with Gasteiger partial charge in [-0.25, -0.2) is 24.9 Å². The van der Waals surface area contributed by atoms with E-state index in [1.807, 2.05) is 6.07 Å². The Kier molecular flexibility index (Phi) is 37.7. The fraction of sp³-hybridized carbons (Fsp3) is 0.147.